The van der Waals surface area contributed by atoms with Gasteiger partial charge >= 0.3 is 7.12 Å². The molecule has 1 heterocycles. The molecule has 0 atom stereocenters. The van der Waals surface area contributed by atoms with Crippen LogP contribution in [0, 0.1) is 0 Å². The van der Waals surface area contributed by atoms with Gasteiger partial charge in [0, 0.05) is 13.0 Å². The van der Waals surface area contributed by atoms with Gasteiger partial charge in [-0.05, 0) is 51.2 Å². The standard InChI is InChI=1S/C18H26BNO3/c1-13(21)10-14-6-8-15(9-7-14)11-16(12-20)19-22-17(2,3)18(4,5)23-19/h6-9,11H,10,12,20H2,1-5H3. The Morgan fingerprint density at radius 3 is 2.09 bits per heavy atom. The Labute approximate surface area is 139 Å². The van der Waals surface area contributed by atoms with Crippen molar-refractivity contribution in [2.75, 3.05) is 6.54 Å². The minimum atomic E-state index is -0.429. The van der Waals surface area contributed by atoms with Crippen LogP contribution < -0.4 is 5.73 Å². The molecule has 2 rings (SSSR count). The first-order valence-corrected chi connectivity index (χ1v) is 7.99. The molecule has 0 aromatic heterocycles. The molecular weight excluding hydrogens is 289 g/mol. The first-order valence-electron chi connectivity index (χ1n) is 7.99. The Hall–Kier alpha value is -1.43. The molecule has 0 unspecified atom stereocenters. The minimum Gasteiger partial charge on any atom is -0.400 e. The number of Topliss-reactive ketones (excluding diaryl/α,β-unsaturated/α-hetero) is 1. The summed E-state index contributed by atoms with van der Waals surface area (Å²) in [6, 6.07) is 7.90. The van der Waals surface area contributed by atoms with Gasteiger partial charge in [0.15, 0.2) is 0 Å². The highest BCUT2D eigenvalue weighted by atomic mass is 16.7. The fraction of sp³-hybridized carbons (Fsp3) is 0.500. The minimum absolute atomic E-state index is 0.160. The summed E-state index contributed by atoms with van der Waals surface area (Å²) >= 11 is 0. The zero-order chi connectivity index (χ0) is 17.3. The summed E-state index contributed by atoms with van der Waals surface area (Å²) < 4.78 is 12.1. The predicted molar refractivity (Wildman–Crippen MR) is 93.9 cm³/mol. The zero-order valence-corrected chi connectivity index (χ0v) is 14.7. The van der Waals surface area contributed by atoms with E-state index in [0.29, 0.717) is 13.0 Å². The number of hydrogen-bond acceptors (Lipinski definition) is 4. The highest BCUT2D eigenvalue weighted by Gasteiger charge is 2.52. The van der Waals surface area contributed by atoms with Crippen molar-refractivity contribution < 1.29 is 14.1 Å². The summed E-state index contributed by atoms with van der Waals surface area (Å²) in [5.41, 5.74) is 8.08. The lowest BCUT2D eigenvalue weighted by atomic mass is 9.77. The first-order chi connectivity index (χ1) is 10.6. The first kappa shape index (κ1) is 17.9. The van der Waals surface area contributed by atoms with Crippen molar-refractivity contribution in [3.05, 3.63) is 40.9 Å². The van der Waals surface area contributed by atoms with Crippen LogP contribution in [0.4, 0.5) is 0 Å². The van der Waals surface area contributed by atoms with Crippen LogP contribution in [-0.2, 0) is 20.5 Å². The Kier molecular flexibility index (Phi) is 5.14. The van der Waals surface area contributed by atoms with E-state index < -0.39 is 7.12 Å². The molecule has 0 spiro atoms. The van der Waals surface area contributed by atoms with E-state index in [1.54, 1.807) is 6.92 Å². The second-order valence-corrected chi connectivity index (χ2v) is 7.13. The molecule has 1 aliphatic heterocycles. The molecule has 0 amide bonds. The second kappa shape index (κ2) is 6.60. The van der Waals surface area contributed by atoms with E-state index in [4.69, 9.17) is 15.0 Å². The summed E-state index contributed by atoms with van der Waals surface area (Å²) in [4.78, 5) is 11.2. The van der Waals surface area contributed by atoms with E-state index in [1.165, 1.54) is 0 Å². The molecule has 0 saturated carbocycles. The molecule has 1 aromatic rings. The summed E-state index contributed by atoms with van der Waals surface area (Å²) in [5, 5.41) is 0. The van der Waals surface area contributed by atoms with Crippen molar-refractivity contribution >= 4 is 19.0 Å². The molecule has 4 nitrogen and oxygen atoms in total. The summed E-state index contributed by atoms with van der Waals surface area (Å²) in [5.74, 6) is 0.160. The fourth-order valence-electron chi connectivity index (χ4n) is 2.45. The van der Waals surface area contributed by atoms with E-state index in [9.17, 15) is 4.79 Å². The third-order valence-electron chi connectivity index (χ3n) is 4.58. The number of nitrogens with two attached hydrogens (primary N) is 1. The quantitative estimate of drug-likeness (QED) is 0.849. The topological polar surface area (TPSA) is 61.6 Å². The molecule has 1 aromatic carbocycles. The smallest absolute Gasteiger partial charge is 0.400 e. The highest BCUT2D eigenvalue weighted by molar-refractivity contribution is 6.55. The van der Waals surface area contributed by atoms with Crippen LogP contribution >= 0.6 is 0 Å². The van der Waals surface area contributed by atoms with Gasteiger partial charge in [-0.2, -0.15) is 0 Å². The maximum atomic E-state index is 11.2. The number of ketones is 1. The number of carbonyl (C=O) groups excluding carboxylic acids is 1. The molecule has 2 N–H and O–H groups in total. The third-order valence-corrected chi connectivity index (χ3v) is 4.58. The predicted octanol–water partition coefficient (Wildman–Crippen LogP) is 2.79. The number of hydrogen-bond donors (Lipinski definition) is 1. The van der Waals surface area contributed by atoms with Gasteiger partial charge in [0.1, 0.15) is 5.78 Å². The maximum Gasteiger partial charge on any atom is 0.491 e. The molecular formula is C18H26BNO3. The van der Waals surface area contributed by atoms with Crippen LogP contribution in [0.2, 0.25) is 0 Å². The Bertz CT molecular complexity index is 589. The average Bonchev–Trinajstić information content (AvgIpc) is 2.66. The van der Waals surface area contributed by atoms with Crippen LogP contribution in [0.1, 0.15) is 45.7 Å². The molecule has 5 heteroatoms. The van der Waals surface area contributed by atoms with Crippen LogP contribution in [0.3, 0.4) is 0 Å². The molecule has 124 valence electrons. The van der Waals surface area contributed by atoms with Gasteiger partial charge in [0.05, 0.1) is 11.2 Å². The van der Waals surface area contributed by atoms with E-state index in [2.05, 4.69) is 0 Å². The molecule has 1 aliphatic rings. The fourth-order valence-corrected chi connectivity index (χ4v) is 2.45. The van der Waals surface area contributed by atoms with Gasteiger partial charge in [0.25, 0.3) is 0 Å². The van der Waals surface area contributed by atoms with Crippen molar-refractivity contribution in [1.29, 1.82) is 0 Å². The molecule has 0 aliphatic carbocycles. The lowest BCUT2D eigenvalue weighted by molar-refractivity contribution is -0.116. The molecule has 1 fully saturated rings. The SMILES string of the molecule is CC(=O)Cc1ccc(C=C(CN)B2OC(C)(C)C(C)(C)O2)cc1. The van der Waals surface area contributed by atoms with Gasteiger partial charge in [-0.25, -0.2) is 0 Å². The second-order valence-electron chi connectivity index (χ2n) is 7.13. The molecule has 0 radical (unpaired) electrons. The van der Waals surface area contributed by atoms with Crippen molar-refractivity contribution in [3.63, 3.8) is 0 Å². The Morgan fingerprint density at radius 1 is 1.13 bits per heavy atom. The lowest BCUT2D eigenvalue weighted by Gasteiger charge is -2.32. The van der Waals surface area contributed by atoms with Crippen LogP contribution in [0.15, 0.2) is 29.7 Å². The third kappa shape index (κ3) is 4.11. The molecule has 23 heavy (non-hydrogen) atoms. The van der Waals surface area contributed by atoms with Gasteiger partial charge in [-0.15, -0.1) is 0 Å². The van der Waals surface area contributed by atoms with Gasteiger partial charge in [-0.3, -0.25) is 4.79 Å². The van der Waals surface area contributed by atoms with Gasteiger partial charge < -0.3 is 15.0 Å². The number of benzene rings is 1. The van der Waals surface area contributed by atoms with Crippen molar-refractivity contribution in [3.8, 4) is 0 Å². The van der Waals surface area contributed by atoms with Gasteiger partial charge in [0.2, 0.25) is 0 Å². The van der Waals surface area contributed by atoms with Crippen LogP contribution in [0.25, 0.3) is 6.08 Å². The zero-order valence-electron chi connectivity index (χ0n) is 14.7. The van der Waals surface area contributed by atoms with E-state index >= 15 is 0 Å². The highest BCUT2D eigenvalue weighted by Crippen LogP contribution is 2.38. The number of carbonyl (C=O) groups is 1. The van der Waals surface area contributed by atoms with E-state index in [1.807, 2.05) is 58.0 Å². The van der Waals surface area contributed by atoms with Crippen LogP contribution in [0.5, 0.6) is 0 Å². The summed E-state index contributed by atoms with van der Waals surface area (Å²) in [6.45, 7) is 10.1. The summed E-state index contributed by atoms with van der Waals surface area (Å²) in [7, 11) is -0.429. The average molecular weight is 315 g/mol. The molecule has 1 saturated heterocycles. The Morgan fingerprint density at radius 2 is 1.65 bits per heavy atom. The summed E-state index contributed by atoms with van der Waals surface area (Å²) in [6.07, 6.45) is 2.46. The van der Waals surface area contributed by atoms with Gasteiger partial charge in [-0.1, -0.05) is 30.3 Å². The maximum absolute atomic E-state index is 11.2. The normalized spacial score (nSPS) is 19.9. The monoisotopic (exact) mass is 315 g/mol. The van der Waals surface area contributed by atoms with E-state index in [-0.39, 0.29) is 17.0 Å². The largest absolute Gasteiger partial charge is 0.491 e. The molecule has 0 bridgehead atoms. The Balaban J connectivity index is 2.18. The van der Waals surface area contributed by atoms with Crippen molar-refractivity contribution in [1.82, 2.24) is 0 Å². The van der Waals surface area contributed by atoms with Crippen LogP contribution in [-0.4, -0.2) is 30.6 Å². The lowest BCUT2D eigenvalue weighted by Crippen LogP contribution is -2.41. The van der Waals surface area contributed by atoms with Crippen molar-refractivity contribution in [2.24, 2.45) is 5.73 Å². The number of rotatable bonds is 5. The van der Waals surface area contributed by atoms with Crippen molar-refractivity contribution in [2.45, 2.75) is 52.2 Å². The van der Waals surface area contributed by atoms with E-state index in [0.717, 1.165) is 16.6 Å².